The topological polar surface area (TPSA) is 49.4 Å². The summed E-state index contributed by atoms with van der Waals surface area (Å²) in [7, 11) is 0. The Morgan fingerprint density at radius 1 is 1.09 bits per heavy atom. The van der Waals surface area contributed by atoms with Crippen LogP contribution in [0.2, 0.25) is 0 Å². The third-order valence-electron chi connectivity index (χ3n) is 4.20. The molecular formula is C18H20N2O2S. The number of piperidine rings is 1. The molecule has 1 N–H and O–H groups in total. The van der Waals surface area contributed by atoms with Crippen LogP contribution >= 0.6 is 11.3 Å². The van der Waals surface area contributed by atoms with E-state index in [1.54, 1.807) is 0 Å². The number of thiophene rings is 1. The zero-order valence-corrected chi connectivity index (χ0v) is 13.9. The van der Waals surface area contributed by atoms with Gasteiger partial charge in [0.15, 0.2) is 0 Å². The number of nitrogens with zero attached hydrogens (tertiary/aromatic N) is 1. The van der Waals surface area contributed by atoms with E-state index in [0.717, 1.165) is 24.0 Å². The predicted octanol–water partition coefficient (Wildman–Crippen LogP) is 3.09. The van der Waals surface area contributed by atoms with Crippen LogP contribution in [0.3, 0.4) is 0 Å². The van der Waals surface area contributed by atoms with E-state index in [-0.39, 0.29) is 17.9 Å². The van der Waals surface area contributed by atoms with Crippen molar-refractivity contribution in [2.45, 2.75) is 25.8 Å². The number of hydrogen-bond donors (Lipinski definition) is 1. The Labute approximate surface area is 140 Å². The van der Waals surface area contributed by atoms with Crippen LogP contribution < -0.4 is 5.32 Å². The van der Waals surface area contributed by atoms with Gasteiger partial charge in [0.2, 0.25) is 0 Å². The lowest BCUT2D eigenvalue weighted by molar-refractivity contribution is 0.0698. The molecule has 1 aliphatic rings. The van der Waals surface area contributed by atoms with E-state index < -0.39 is 0 Å². The molecule has 2 amide bonds. The molecule has 0 atom stereocenters. The van der Waals surface area contributed by atoms with Gasteiger partial charge in [0.05, 0.1) is 0 Å². The highest BCUT2D eigenvalue weighted by Gasteiger charge is 2.24. The fraction of sp³-hybridized carbons (Fsp3) is 0.333. The van der Waals surface area contributed by atoms with Crippen LogP contribution in [0.1, 0.15) is 39.1 Å². The van der Waals surface area contributed by atoms with Gasteiger partial charge in [-0.25, -0.2) is 0 Å². The molecule has 1 aliphatic heterocycles. The van der Waals surface area contributed by atoms with Gasteiger partial charge < -0.3 is 10.2 Å². The van der Waals surface area contributed by atoms with Gasteiger partial charge in [0.25, 0.3) is 11.8 Å². The maximum atomic E-state index is 12.5. The highest BCUT2D eigenvalue weighted by Crippen LogP contribution is 2.15. The predicted molar refractivity (Wildman–Crippen MR) is 91.9 cm³/mol. The number of hydrogen-bond acceptors (Lipinski definition) is 3. The maximum Gasteiger partial charge on any atom is 0.253 e. The Morgan fingerprint density at radius 2 is 1.78 bits per heavy atom. The number of aryl methyl sites for hydroxylation is 1. The minimum Gasteiger partial charge on any atom is -0.349 e. The van der Waals surface area contributed by atoms with Gasteiger partial charge in [-0.2, -0.15) is 11.3 Å². The smallest absolute Gasteiger partial charge is 0.253 e. The van der Waals surface area contributed by atoms with Crippen molar-refractivity contribution >= 4 is 23.2 Å². The quantitative estimate of drug-likeness (QED) is 0.941. The van der Waals surface area contributed by atoms with Crippen LogP contribution in [0.4, 0.5) is 0 Å². The first-order valence-corrected chi connectivity index (χ1v) is 8.77. The Kier molecular flexibility index (Phi) is 4.76. The normalized spacial score (nSPS) is 15.4. The van der Waals surface area contributed by atoms with Gasteiger partial charge in [-0.1, -0.05) is 17.7 Å². The molecule has 0 unspecified atom stereocenters. The van der Waals surface area contributed by atoms with Crippen LogP contribution in [0, 0.1) is 6.92 Å². The molecule has 23 heavy (non-hydrogen) atoms. The van der Waals surface area contributed by atoms with Crippen LogP contribution in [0.5, 0.6) is 0 Å². The lowest BCUT2D eigenvalue weighted by atomic mass is 10.0. The molecule has 0 bridgehead atoms. The molecular weight excluding hydrogens is 308 g/mol. The van der Waals surface area contributed by atoms with Crippen LogP contribution in [0.25, 0.3) is 0 Å². The van der Waals surface area contributed by atoms with E-state index in [9.17, 15) is 9.59 Å². The van der Waals surface area contributed by atoms with E-state index in [1.807, 2.05) is 52.9 Å². The molecule has 1 aromatic carbocycles. The molecule has 3 rings (SSSR count). The third kappa shape index (κ3) is 3.79. The molecule has 0 radical (unpaired) electrons. The van der Waals surface area contributed by atoms with Crippen molar-refractivity contribution in [2.75, 3.05) is 13.1 Å². The van der Waals surface area contributed by atoms with Crippen molar-refractivity contribution in [1.82, 2.24) is 10.2 Å². The molecule has 120 valence electrons. The number of carbonyl (C=O) groups is 2. The Morgan fingerprint density at radius 3 is 2.39 bits per heavy atom. The molecule has 0 saturated carbocycles. The van der Waals surface area contributed by atoms with Gasteiger partial charge in [0, 0.05) is 35.6 Å². The molecule has 1 fully saturated rings. The number of likely N-dealkylation sites (tertiary alicyclic amines) is 1. The summed E-state index contributed by atoms with van der Waals surface area (Å²) >= 11 is 1.52. The summed E-state index contributed by atoms with van der Waals surface area (Å²) in [5.74, 6) is 0.0576. The highest BCUT2D eigenvalue weighted by atomic mass is 32.1. The zero-order chi connectivity index (χ0) is 16.2. The van der Waals surface area contributed by atoms with Crippen molar-refractivity contribution in [3.63, 3.8) is 0 Å². The molecule has 4 nitrogen and oxygen atoms in total. The first-order valence-electron chi connectivity index (χ1n) is 7.82. The minimum atomic E-state index is -0.0189. The molecule has 5 heteroatoms. The molecule has 1 aromatic heterocycles. The SMILES string of the molecule is Cc1ccc(C(=O)N2CCC(NC(=O)c3ccsc3)CC2)cc1. The number of carbonyl (C=O) groups excluding carboxylic acids is 2. The summed E-state index contributed by atoms with van der Waals surface area (Å²) in [6.07, 6.45) is 1.60. The van der Waals surface area contributed by atoms with Gasteiger partial charge in [-0.05, 0) is 43.3 Å². The monoisotopic (exact) mass is 328 g/mol. The standard InChI is InChI=1S/C18H20N2O2S/c1-13-2-4-14(5-3-13)18(22)20-9-6-16(7-10-20)19-17(21)15-8-11-23-12-15/h2-5,8,11-12,16H,6-7,9-10H2,1H3,(H,19,21). The molecule has 2 aromatic rings. The summed E-state index contributed by atoms with van der Waals surface area (Å²) in [5, 5.41) is 6.81. The maximum absolute atomic E-state index is 12.5. The van der Waals surface area contributed by atoms with E-state index in [2.05, 4.69) is 5.32 Å². The fourth-order valence-corrected chi connectivity index (χ4v) is 3.40. The fourth-order valence-electron chi connectivity index (χ4n) is 2.77. The summed E-state index contributed by atoms with van der Waals surface area (Å²) < 4.78 is 0. The third-order valence-corrected chi connectivity index (χ3v) is 4.88. The second-order valence-electron chi connectivity index (χ2n) is 5.92. The minimum absolute atomic E-state index is 0.0189. The van der Waals surface area contributed by atoms with E-state index >= 15 is 0 Å². The first kappa shape index (κ1) is 15.7. The average Bonchev–Trinajstić information content (AvgIpc) is 3.10. The van der Waals surface area contributed by atoms with Crippen molar-refractivity contribution in [3.8, 4) is 0 Å². The van der Waals surface area contributed by atoms with Gasteiger partial charge in [-0.3, -0.25) is 9.59 Å². The Balaban J connectivity index is 1.53. The number of benzene rings is 1. The molecule has 0 aliphatic carbocycles. The second-order valence-corrected chi connectivity index (χ2v) is 6.70. The molecule has 1 saturated heterocycles. The lowest BCUT2D eigenvalue weighted by Gasteiger charge is -2.32. The Hall–Kier alpha value is -2.14. The lowest BCUT2D eigenvalue weighted by Crippen LogP contribution is -2.46. The number of amides is 2. The van der Waals surface area contributed by atoms with Crippen LogP contribution in [-0.4, -0.2) is 35.8 Å². The summed E-state index contributed by atoms with van der Waals surface area (Å²) in [5.41, 5.74) is 2.60. The summed E-state index contributed by atoms with van der Waals surface area (Å²) in [6.45, 7) is 3.37. The summed E-state index contributed by atoms with van der Waals surface area (Å²) in [6, 6.07) is 9.65. The van der Waals surface area contributed by atoms with Crippen LogP contribution in [-0.2, 0) is 0 Å². The van der Waals surface area contributed by atoms with E-state index in [0.29, 0.717) is 18.7 Å². The zero-order valence-electron chi connectivity index (χ0n) is 13.1. The van der Waals surface area contributed by atoms with Crippen molar-refractivity contribution in [1.29, 1.82) is 0 Å². The van der Waals surface area contributed by atoms with Gasteiger partial charge >= 0.3 is 0 Å². The average molecular weight is 328 g/mol. The molecule has 2 heterocycles. The van der Waals surface area contributed by atoms with E-state index in [4.69, 9.17) is 0 Å². The number of rotatable bonds is 3. The second kappa shape index (κ2) is 6.96. The van der Waals surface area contributed by atoms with Crippen molar-refractivity contribution < 1.29 is 9.59 Å². The van der Waals surface area contributed by atoms with Crippen LogP contribution in [0.15, 0.2) is 41.1 Å². The number of nitrogens with one attached hydrogen (secondary N) is 1. The van der Waals surface area contributed by atoms with Gasteiger partial charge in [-0.15, -0.1) is 0 Å². The highest BCUT2D eigenvalue weighted by molar-refractivity contribution is 7.08. The first-order chi connectivity index (χ1) is 11.1. The largest absolute Gasteiger partial charge is 0.349 e. The van der Waals surface area contributed by atoms with Gasteiger partial charge in [0.1, 0.15) is 0 Å². The molecule has 0 spiro atoms. The van der Waals surface area contributed by atoms with Crippen molar-refractivity contribution in [2.24, 2.45) is 0 Å². The Bertz CT molecular complexity index is 672. The van der Waals surface area contributed by atoms with Crippen molar-refractivity contribution in [3.05, 3.63) is 57.8 Å². The summed E-state index contributed by atoms with van der Waals surface area (Å²) in [4.78, 5) is 26.4. The van der Waals surface area contributed by atoms with E-state index in [1.165, 1.54) is 11.3 Å².